The molecule has 0 bridgehead atoms. The molecule has 0 radical (unpaired) electrons. The second-order valence-corrected chi connectivity index (χ2v) is 6.26. The van der Waals surface area contributed by atoms with E-state index in [2.05, 4.69) is 5.32 Å². The molecule has 2 rings (SSSR count). The largest absolute Gasteiger partial charge is 0.496 e. The van der Waals surface area contributed by atoms with Gasteiger partial charge in [0.15, 0.2) is 0 Å². The van der Waals surface area contributed by atoms with Gasteiger partial charge in [-0.25, -0.2) is 4.79 Å². The summed E-state index contributed by atoms with van der Waals surface area (Å²) in [7, 11) is 1.64. The van der Waals surface area contributed by atoms with Gasteiger partial charge < -0.3 is 9.47 Å². The van der Waals surface area contributed by atoms with Crippen LogP contribution in [0.15, 0.2) is 12.1 Å². The van der Waals surface area contributed by atoms with Crippen LogP contribution >= 0.6 is 0 Å². The summed E-state index contributed by atoms with van der Waals surface area (Å²) >= 11 is 0. The van der Waals surface area contributed by atoms with Crippen molar-refractivity contribution < 1.29 is 14.3 Å². The van der Waals surface area contributed by atoms with Crippen molar-refractivity contribution >= 4 is 11.8 Å². The minimum absolute atomic E-state index is 0.421. The Bertz CT molecular complexity index is 513. The van der Waals surface area contributed by atoms with Gasteiger partial charge in [-0.1, -0.05) is 6.07 Å². The first-order chi connectivity index (χ1) is 9.31. The smallest absolute Gasteiger partial charge is 0.412 e. The summed E-state index contributed by atoms with van der Waals surface area (Å²) in [5.41, 5.74) is 2.45. The third-order valence-corrected chi connectivity index (χ3v) is 3.31. The number of rotatable bonds is 3. The molecule has 1 N–H and O–H groups in total. The maximum Gasteiger partial charge on any atom is 0.412 e. The molecule has 20 heavy (non-hydrogen) atoms. The lowest BCUT2D eigenvalue weighted by Gasteiger charge is -2.22. The summed E-state index contributed by atoms with van der Waals surface area (Å²) < 4.78 is 10.7. The molecule has 0 heterocycles. The van der Waals surface area contributed by atoms with Crippen LogP contribution in [0.1, 0.15) is 50.7 Å². The maximum atomic E-state index is 12.0. The van der Waals surface area contributed by atoms with Gasteiger partial charge in [-0.05, 0) is 58.1 Å². The summed E-state index contributed by atoms with van der Waals surface area (Å²) in [6.07, 6.45) is 1.93. The molecule has 4 nitrogen and oxygen atoms in total. The van der Waals surface area contributed by atoms with Gasteiger partial charge in [0, 0.05) is 5.56 Å². The summed E-state index contributed by atoms with van der Waals surface area (Å²) in [4.78, 5) is 12.0. The fourth-order valence-corrected chi connectivity index (χ4v) is 2.24. The molecular weight excluding hydrogens is 254 g/mol. The first-order valence-electron chi connectivity index (χ1n) is 6.99. The van der Waals surface area contributed by atoms with Crippen molar-refractivity contribution in [1.29, 1.82) is 0 Å². The Morgan fingerprint density at radius 2 is 1.95 bits per heavy atom. The van der Waals surface area contributed by atoms with E-state index >= 15 is 0 Å². The second kappa shape index (κ2) is 5.35. The molecule has 1 saturated carbocycles. The zero-order valence-corrected chi connectivity index (χ0v) is 12.9. The summed E-state index contributed by atoms with van der Waals surface area (Å²) in [5, 5.41) is 2.89. The fourth-order valence-electron chi connectivity index (χ4n) is 2.24. The van der Waals surface area contributed by atoms with Gasteiger partial charge in [0.25, 0.3) is 0 Å². The standard InChI is InChI=1S/C16H23NO3/c1-10-13(19-5)9-8-12(11-6-7-11)14(10)17-15(18)20-16(2,3)4/h8-9,11H,6-7H2,1-5H3,(H,17,18). The van der Waals surface area contributed by atoms with Gasteiger partial charge >= 0.3 is 6.09 Å². The third-order valence-electron chi connectivity index (χ3n) is 3.31. The molecule has 0 spiro atoms. The Hall–Kier alpha value is -1.71. The number of hydrogen-bond acceptors (Lipinski definition) is 3. The molecule has 1 aromatic carbocycles. The van der Waals surface area contributed by atoms with Crippen LogP contribution in [0.25, 0.3) is 0 Å². The lowest BCUT2D eigenvalue weighted by Crippen LogP contribution is -2.27. The van der Waals surface area contributed by atoms with Gasteiger partial charge in [0.05, 0.1) is 12.8 Å². The van der Waals surface area contributed by atoms with Gasteiger partial charge in [0.1, 0.15) is 11.4 Å². The highest BCUT2D eigenvalue weighted by Gasteiger charge is 2.29. The predicted molar refractivity (Wildman–Crippen MR) is 79.6 cm³/mol. The second-order valence-electron chi connectivity index (χ2n) is 6.26. The SMILES string of the molecule is COc1ccc(C2CC2)c(NC(=O)OC(C)(C)C)c1C. The van der Waals surface area contributed by atoms with Crippen LogP contribution in [0.3, 0.4) is 0 Å². The zero-order valence-electron chi connectivity index (χ0n) is 12.9. The van der Waals surface area contributed by atoms with E-state index in [1.165, 1.54) is 18.4 Å². The van der Waals surface area contributed by atoms with E-state index in [1.54, 1.807) is 7.11 Å². The number of carbonyl (C=O) groups excluding carboxylic acids is 1. The number of ether oxygens (including phenoxy) is 2. The van der Waals surface area contributed by atoms with Crippen molar-refractivity contribution in [3.05, 3.63) is 23.3 Å². The van der Waals surface area contributed by atoms with E-state index in [0.717, 1.165) is 17.0 Å². The quantitative estimate of drug-likeness (QED) is 0.899. The highest BCUT2D eigenvalue weighted by Crippen LogP contribution is 2.46. The average Bonchev–Trinajstić information content (AvgIpc) is 3.13. The summed E-state index contributed by atoms with van der Waals surface area (Å²) in [5.74, 6) is 1.32. The molecule has 1 aliphatic rings. The monoisotopic (exact) mass is 277 g/mol. The molecule has 1 amide bonds. The van der Waals surface area contributed by atoms with Gasteiger partial charge in [-0.2, -0.15) is 0 Å². The first kappa shape index (κ1) is 14.7. The first-order valence-corrected chi connectivity index (χ1v) is 6.99. The molecule has 0 aliphatic heterocycles. The molecule has 110 valence electrons. The van der Waals surface area contributed by atoms with E-state index < -0.39 is 11.7 Å². The average molecular weight is 277 g/mol. The Kier molecular flexibility index (Phi) is 3.93. The molecule has 0 unspecified atom stereocenters. The van der Waals surface area contributed by atoms with Crippen molar-refractivity contribution in [2.24, 2.45) is 0 Å². The van der Waals surface area contributed by atoms with Crippen molar-refractivity contribution in [1.82, 2.24) is 0 Å². The Balaban J connectivity index is 2.26. The lowest BCUT2D eigenvalue weighted by molar-refractivity contribution is 0.0635. The number of carbonyl (C=O) groups is 1. The van der Waals surface area contributed by atoms with Crippen LogP contribution in [0.4, 0.5) is 10.5 Å². The molecule has 1 aromatic rings. The van der Waals surface area contributed by atoms with Crippen molar-refractivity contribution in [3.8, 4) is 5.75 Å². The van der Waals surface area contributed by atoms with Gasteiger partial charge in [-0.15, -0.1) is 0 Å². The van der Waals surface area contributed by atoms with E-state index in [4.69, 9.17) is 9.47 Å². The van der Waals surface area contributed by atoms with Crippen LogP contribution in [0.2, 0.25) is 0 Å². The predicted octanol–water partition coefficient (Wildman–Crippen LogP) is 4.23. The maximum absolute atomic E-state index is 12.0. The number of hydrogen-bond donors (Lipinski definition) is 1. The van der Waals surface area contributed by atoms with Crippen LogP contribution < -0.4 is 10.1 Å². The highest BCUT2D eigenvalue weighted by molar-refractivity contribution is 5.88. The molecule has 0 atom stereocenters. The Labute approximate surface area is 120 Å². The fraction of sp³-hybridized carbons (Fsp3) is 0.562. The van der Waals surface area contributed by atoms with E-state index in [-0.39, 0.29) is 0 Å². The highest BCUT2D eigenvalue weighted by atomic mass is 16.6. The number of benzene rings is 1. The topological polar surface area (TPSA) is 47.6 Å². The minimum Gasteiger partial charge on any atom is -0.496 e. The number of anilines is 1. The molecule has 4 heteroatoms. The minimum atomic E-state index is -0.503. The van der Waals surface area contributed by atoms with E-state index in [1.807, 2.05) is 39.8 Å². The van der Waals surface area contributed by atoms with E-state index in [9.17, 15) is 4.79 Å². The van der Waals surface area contributed by atoms with Crippen LogP contribution in [-0.4, -0.2) is 18.8 Å². The zero-order chi connectivity index (χ0) is 14.9. The van der Waals surface area contributed by atoms with Crippen molar-refractivity contribution in [2.45, 2.75) is 52.1 Å². The van der Waals surface area contributed by atoms with Crippen molar-refractivity contribution in [2.75, 3.05) is 12.4 Å². The summed E-state index contributed by atoms with van der Waals surface area (Å²) in [6, 6.07) is 4.00. The van der Waals surface area contributed by atoms with Crippen molar-refractivity contribution in [3.63, 3.8) is 0 Å². The molecule has 0 aromatic heterocycles. The number of nitrogens with one attached hydrogen (secondary N) is 1. The third kappa shape index (κ3) is 3.44. The molecule has 1 fully saturated rings. The molecule has 0 saturated heterocycles. The molecule has 1 aliphatic carbocycles. The number of methoxy groups -OCH3 is 1. The normalized spacial score (nSPS) is 14.8. The van der Waals surface area contributed by atoms with Gasteiger partial charge in [0.2, 0.25) is 0 Å². The van der Waals surface area contributed by atoms with Crippen LogP contribution in [0.5, 0.6) is 5.75 Å². The van der Waals surface area contributed by atoms with Crippen LogP contribution in [0, 0.1) is 6.92 Å². The Morgan fingerprint density at radius 3 is 2.45 bits per heavy atom. The molecular formula is C16H23NO3. The Morgan fingerprint density at radius 1 is 1.30 bits per heavy atom. The lowest BCUT2D eigenvalue weighted by atomic mass is 10.0. The van der Waals surface area contributed by atoms with Gasteiger partial charge in [-0.3, -0.25) is 5.32 Å². The van der Waals surface area contributed by atoms with E-state index in [0.29, 0.717) is 5.92 Å². The summed E-state index contributed by atoms with van der Waals surface area (Å²) in [6.45, 7) is 7.52. The number of amides is 1. The van der Waals surface area contributed by atoms with Crippen LogP contribution in [-0.2, 0) is 4.74 Å².